The van der Waals surface area contributed by atoms with E-state index in [9.17, 15) is 4.79 Å². The molecule has 0 saturated carbocycles. The first-order valence-corrected chi connectivity index (χ1v) is 9.50. The summed E-state index contributed by atoms with van der Waals surface area (Å²) in [6.45, 7) is 3.88. The average Bonchev–Trinajstić information content (AvgIpc) is 3.25. The summed E-state index contributed by atoms with van der Waals surface area (Å²) >= 11 is 2.69. The smallest absolute Gasteiger partial charge is 0.239 e. The number of nitrogens with zero attached hydrogens (tertiary/aromatic N) is 6. The molecule has 10 heteroatoms. The van der Waals surface area contributed by atoms with E-state index in [0.29, 0.717) is 10.3 Å². The number of anilines is 1. The van der Waals surface area contributed by atoms with Gasteiger partial charge in [0.05, 0.1) is 10.9 Å². The number of amides is 1. The quantitative estimate of drug-likeness (QED) is 0.634. The Labute approximate surface area is 153 Å². The van der Waals surface area contributed by atoms with Crippen LogP contribution in [0, 0.1) is 0 Å². The molecule has 0 aliphatic heterocycles. The highest BCUT2D eigenvalue weighted by atomic mass is 32.2. The number of hydrogen-bond donors (Lipinski definition) is 1. The van der Waals surface area contributed by atoms with Gasteiger partial charge >= 0.3 is 0 Å². The Balaban J connectivity index is 1.65. The highest BCUT2D eigenvalue weighted by molar-refractivity contribution is 8.00. The molecule has 1 aromatic carbocycles. The molecule has 2 aromatic heterocycles. The standard InChI is InChI=1S/C15H17N7OS2/c1-3-7-12-17-18-14(25-12)16-13(23)10(2)24-15-19-20-21-22(15)11-8-5-4-6-9-11/h4-6,8-10H,3,7H2,1-2H3,(H,16,18,23). The van der Waals surface area contributed by atoms with Crippen molar-refractivity contribution in [2.45, 2.75) is 37.1 Å². The van der Waals surface area contributed by atoms with Crippen LogP contribution in [0.25, 0.3) is 5.69 Å². The second-order valence-electron chi connectivity index (χ2n) is 5.21. The molecule has 8 nitrogen and oxygen atoms in total. The fraction of sp³-hybridized carbons (Fsp3) is 0.333. The fourth-order valence-electron chi connectivity index (χ4n) is 2.02. The number of carbonyl (C=O) groups excluding carboxylic acids is 1. The minimum atomic E-state index is -0.382. The molecule has 1 N–H and O–H groups in total. The van der Waals surface area contributed by atoms with Gasteiger partial charge in [-0.25, -0.2) is 0 Å². The van der Waals surface area contributed by atoms with Crippen molar-refractivity contribution in [2.24, 2.45) is 0 Å². The fourth-order valence-corrected chi connectivity index (χ4v) is 3.67. The third kappa shape index (κ3) is 4.40. The lowest BCUT2D eigenvalue weighted by Crippen LogP contribution is -2.22. The number of nitrogens with one attached hydrogen (secondary N) is 1. The van der Waals surface area contributed by atoms with Crippen molar-refractivity contribution >= 4 is 34.1 Å². The summed E-state index contributed by atoms with van der Waals surface area (Å²) in [5.74, 6) is -0.160. The largest absolute Gasteiger partial charge is 0.300 e. The molecule has 3 aromatic rings. The number of aryl methyl sites for hydroxylation is 1. The Morgan fingerprint density at radius 3 is 2.84 bits per heavy atom. The molecule has 0 radical (unpaired) electrons. The summed E-state index contributed by atoms with van der Waals surface area (Å²) < 4.78 is 1.61. The molecule has 0 fully saturated rings. The van der Waals surface area contributed by atoms with Gasteiger partial charge in [-0.2, -0.15) is 4.68 Å². The number of carbonyl (C=O) groups is 1. The molecule has 0 aliphatic rings. The first kappa shape index (κ1) is 17.5. The maximum absolute atomic E-state index is 12.4. The molecule has 0 aliphatic carbocycles. The number of para-hydroxylation sites is 1. The van der Waals surface area contributed by atoms with E-state index in [0.717, 1.165) is 23.5 Å². The predicted molar refractivity (Wildman–Crippen MR) is 97.0 cm³/mol. The van der Waals surface area contributed by atoms with Crippen molar-refractivity contribution in [1.29, 1.82) is 0 Å². The Kier molecular flexibility index (Phi) is 5.71. The first-order chi connectivity index (χ1) is 12.2. The lowest BCUT2D eigenvalue weighted by atomic mass is 10.3. The van der Waals surface area contributed by atoms with Gasteiger partial charge in [0, 0.05) is 6.42 Å². The zero-order valence-electron chi connectivity index (χ0n) is 13.8. The molecule has 3 rings (SSSR count). The van der Waals surface area contributed by atoms with Crippen LogP contribution in [0.1, 0.15) is 25.3 Å². The summed E-state index contributed by atoms with van der Waals surface area (Å²) in [5, 5.41) is 24.2. The van der Waals surface area contributed by atoms with Gasteiger partial charge in [0.1, 0.15) is 5.01 Å². The lowest BCUT2D eigenvalue weighted by molar-refractivity contribution is -0.115. The first-order valence-electron chi connectivity index (χ1n) is 7.81. The minimum absolute atomic E-state index is 0.160. The summed E-state index contributed by atoms with van der Waals surface area (Å²) in [6, 6.07) is 9.55. The molecule has 0 spiro atoms. The molecule has 1 atom stereocenters. The Morgan fingerprint density at radius 2 is 2.08 bits per heavy atom. The Morgan fingerprint density at radius 1 is 1.28 bits per heavy atom. The number of aromatic nitrogens is 6. The van der Waals surface area contributed by atoms with E-state index in [1.54, 1.807) is 11.6 Å². The van der Waals surface area contributed by atoms with Gasteiger partial charge in [-0.3, -0.25) is 10.1 Å². The SMILES string of the molecule is CCCc1nnc(NC(=O)C(C)Sc2nnnn2-c2ccccc2)s1. The summed E-state index contributed by atoms with van der Waals surface area (Å²) in [4.78, 5) is 12.4. The Bertz CT molecular complexity index is 833. The van der Waals surface area contributed by atoms with Crippen molar-refractivity contribution in [3.8, 4) is 5.69 Å². The maximum Gasteiger partial charge on any atom is 0.239 e. The zero-order valence-corrected chi connectivity index (χ0v) is 15.4. The maximum atomic E-state index is 12.4. The predicted octanol–water partition coefficient (Wildman–Crippen LogP) is 2.59. The van der Waals surface area contributed by atoms with Crippen molar-refractivity contribution < 1.29 is 4.79 Å². The van der Waals surface area contributed by atoms with Crippen LogP contribution < -0.4 is 5.32 Å². The monoisotopic (exact) mass is 375 g/mol. The average molecular weight is 375 g/mol. The number of benzene rings is 1. The van der Waals surface area contributed by atoms with Crippen LogP contribution in [0.5, 0.6) is 0 Å². The van der Waals surface area contributed by atoms with E-state index >= 15 is 0 Å². The number of tetrazole rings is 1. The van der Waals surface area contributed by atoms with Gasteiger partial charge in [-0.05, 0) is 35.9 Å². The molecule has 1 unspecified atom stereocenters. The molecule has 130 valence electrons. The van der Waals surface area contributed by atoms with Gasteiger partial charge in [-0.15, -0.1) is 15.3 Å². The molecule has 2 heterocycles. The topological polar surface area (TPSA) is 98.5 Å². The number of hydrogen-bond acceptors (Lipinski definition) is 8. The van der Waals surface area contributed by atoms with Gasteiger partial charge in [0.15, 0.2) is 0 Å². The third-order valence-electron chi connectivity index (χ3n) is 3.25. The zero-order chi connectivity index (χ0) is 17.6. The molecular weight excluding hydrogens is 358 g/mol. The van der Waals surface area contributed by atoms with Crippen molar-refractivity contribution in [2.75, 3.05) is 5.32 Å². The van der Waals surface area contributed by atoms with Crippen LogP contribution in [0.4, 0.5) is 5.13 Å². The van der Waals surface area contributed by atoms with E-state index in [1.807, 2.05) is 30.3 Å². The van der Waals surface area contributed by atoms with Crippen LogP contribution in [-0.2, 0) is 11.2 Å². The van der Waals surface area contributed by atoms with E-state index < -0.39 is 0 Å². The van der Waals surface area contributed by atoms with Crippen LogP contribution in [0.15, 0.2) is 35.5 Å². The normalized spacial score (nSPS) is 12.1. The van der Waals surface area contributed by atoms with Crippen molar-refractivity contribution in [3.05, 3.63) is 35.3 Å². The van der Waals surface area contributed by atoms with Gasteiger partial charge in [0.25, 0.3) is 0 Å². The van der Waals surface area contributed by atoms with E-state index in [2.05, 4.69) is 38.0 Å². The number of thioether (sulfide) groups is 1. The highest BCUT2D eigenvalue weighted by Gasteiger charge is 2.20. The lowest BCUT2D eigenvalue weighted by Gasteiger charge is -2.09. The Hall–Kier alpha value is -2.33. The second-order valence-corrected chi connectivity index (χ2v) is 7.58. The van der Waals surface area contributed by atoms with Crippen LogP contribution in [-0.4, -0.2) is 41.6 Å². The third-order valence-corrected chi connectivity index (χ3v) is 5.19. The molecule has 1 amide bonds. The van der Waals surface area contributed by atoms with E-state index in [4.69, 9.17) is 0 Å². The number of rotatable bonds is 7. The van der Waals surface area contributed by atoms with Gasteiger partial charge in [-0.1, -0.05) is 48.2 Å². The molecule has 0 saturated heterocycles. The second kappa shape index (κ2) is 8.17. The minimum Gasteiger partial charge on any atom is -0.300 e. The highest BCUT2D eigenvalue weighted by Crippen LogP contribution is 2.24. The van der Waals surface area contributed by atoms with Gasteiger partial charge in [0.2, 0.25) is 16.2 Å². The summed E-state index contributed by atoms with van der Waals surface area (Å²) in [5.41, 5.74) is 0.843. The van der Waals surface area contributed by atoms with Crippen LogP contribution in [0.3, 0.4) is 0 Å². The molecular formula is C15H17N7OS2. The van der Waals surface area contributed by atoms with Crippen LogP contribution >= 0.6 is 23.1 Å². The van der Waals surface area contributed by atoms with Crippen molar-refractivity contribution in [1.82, 2.24) is 30.4 Å². The van der Waals surface area contributed by atoms with Crippen LogP contribution in [0.2, 0.25) is 0 Å². The molecule has 0 bridgehead atoms. The summed E-state index contributed by atoms with van der Waals surface area (Å²) in [7, 11) is 0. The van der Waals surface area contributed by atoms with E-state index in [1.165, 1.54) is 23.1 Å². The van der Waals surface area contributed by atoms with Crippen molar-refractivity contribution in [3.63, 3.8) is 0 Å². The van der Waals surface area contributed by atoms with Gasteiger partial charge < -0.3 is 0 Å². The molecule has 25 heavy (non-hydrogen) atoms. The summed E-state index contributed by atoms with van der Waals surface area (Å²) in [6.07, 6.45) is 1.86. The van der Waals surface area contributed by atoms with E-state index in [-0.39, 0.29) is 11.2 Å².